The summed E-state index contributed by atoms with van der Waals surface area (Å²) in [6, 6.07) is 0. The number of rotatable bonds is 0. The monoisotopic (exact) mass is 1060 g/mol. The van der Waals surface area contributed by atoms with Gasteiger partial charge in [0, 0.05) is 269 Å². The SMILES string of the molecule is C.CC.CC.OC1C2CCCCC2C2CCCCC12.[Ar].[Ar].[Ar].[Ar].[Ar].[Ar].[CH-]1C2CCCCC2C2CCCCC12.[W].[W]. The normalized spacial score (nSPS) is 34.9. The van der Waals surface area contributed by atoms with E-state index in [1.165, 1.54) is 89.9 Å². The largest absolute Gasteiger partial charge is 0.393 e. The molecule has 1 N–H and O–H groups in total. The smallest absolute Gasteiger partial charge is 0.0602 e. The van der Waals surface area contributed by atoms with Crippen LogP contribution in [0.1, 0.15) is 138 Å². The average Bonchev–Trinajstić information content (AvgIpc) is 3.38. The maximum atomic E-state index is 10.3. The quantitative estimate of drug-likeness (QED) is 0.240. The standard InChI is InChI=1S/C13H22O.C13H21.2C2H6.CH4.6Ar.2W/c14-13-11-7-3-1-5-9(11)10-6-2-4-8-12(10)13;1-3-7-12-10(5-1)9-11-6-2-4-8-13(11)12;2*1-2;;;;;;;;;/h9-14H,1-8H2;9-13H,1-8H2;2*1-2H3;1H4;;;;;;;;/q;-1;;;;;;;;;;;. The molecule has 6 rings (SSSR count). The predicted molar refractivity (Wildman–Crippen MR) is 142 cm³/mol. The number of hydrogen-bond donors (Lipinski definition) is 1. The van der Waals surface area contributed by atoms with Crippen LogP contribution in [0.2, 0.25) is 0 Å². The first-order chi connectivity index (χ1) is 15.3. The minimum absolute atomic E-state index is 0. The van der Waals surface area contributed by atoms with Crippen molar-refractivity contribution in [3.05, 3.63) is 6.42 Å². The zero-order valence-corrected chi connectivity index (χ0v) is 34.6. The van der Waals surface area contributed by atoms with E-state index < -0.39 is 0 Å². The summed E-state index contributed by atoms with van der Waals surface area (Å²) in [6.07, 6.45) is 26.1. The van der Waals surface area contributed by atoms with Crippen molar-refractivity contribution < 1.29 is 274 Å². The molecule has 0 spiro atoms. The molecule has 6 aliphatic rings. The number of aliphatic hydroxyl groups excluding tert-OH is 1. The summed E-state index contributed by atoms with van der Waals surface area (Å²) in [7, 11) is 0. The van der Waals surface area contributed by atoms with Gasteiger partial charge in [0.05, 0.1) is 6.10 Å². The van der Waals surface area contributed by atoms with Crippen LogP contribution < -0.4 is 0 Å². The topological polar surface area (TPSA) is 20.2 Å². The Hall–Kier alpha value is 8.90. The number of fused-ring (bicyclic) bond motifs is 6. The summed E-state index contributed by atoms with van der Waals surface area (Å²) < 4.78 is 0. The van der Waals surface area contributed by atoms with Crippen LogP contribution in [0.5, 0.6) is 0 Å². The maximum absolute atomic E-state index is 10.3. The van der Waals surface area contributed by atoms with E-state index in [9.17, 15) is 5.11 Å². The summed E-state index contributed by atoms with van der Waals surface area (Å²) in [5.41, 5.74) is 0. The van der Waals surface area contributed by atoms with Crippen molar-refractivity contribution in [2.75, 3.05) is 0 Å². The van der Waals surface area contributed by atoms with Gasteiger partial charge in [-0.3, -0.25) is 0 Å². The van der Waals surface area contributed by atoms with Crippen molar-refractivity contribution >= 4 is 0 Å². The summed E-state index contributed by atoms with van der Waals surface area (Å²) in [6.45, 7) is 8.00. The minimum atomic E-state index is 0. The van der Waals surface area contributed by atoms with E-state index in [2.05, 4.69) is 6.42 Å². The molecule has 0 heterocycles. The van der Waals surface area contributed by atoms with Gasteiger partial charge in [0.1, 0.15) is 0 Å². The maximum Gasteiger partial charge on any atom is 0.0602 e. The van der Waals surface area contributed by atoms with E-state index >= 15 is 0 Å². The third-order valence-corrected chi connectivity index (χ3v) is 9.97. The molecule has 0 saturated heterocycles. The van der Waals surface area contributed by atoms with Gasteiger partial charge in [0.25, 0.3) is 0 Å². The molecule has 9 heteroatoms. The molecule has 250 valence electrons. The van der Waals surface area contributed by atoms with Crippen LogP contribution in [0.15, 0.2) is 0 Å². The molecule has 0 amide bonds. The van der Waals surface area contributed by atoms with Gasteiger partial charge in [0.15, 0.2) is 0 Å². The van der Waals surface area contributed by atoms with Crippen LogP contribution >= 0.6 is 0 Å². The Kier molecular flexibility index (Phi) is 60.1. The Morgan fingerprint density at radius 3 is 0.925 bits per heavy atom. The summed E-state index contributed by atoms with van der Waals surface area (Å²) in [4.78, 5) is 0. The molecule has 0 aromatic carbocycles. The summed E-state index contributed by atoms with van der Waals surface area (Å²) in [5.74, 6) is 7.53. The molecule has 0 aromatic rings. The first-order valence-electron chi connectivity index (χ1n) is 14.9. The van der Waals surface area contributed by atoms with Crippen molar-refractivity contribution in [1.29, 1.82) is 0 Å². The van der Waals surface area contributed by atoms with Crippen LogP contribution in [-0.4, -0.2) is 11.2 Å². The third-order valence-electron chi connectivity index (χ3n) is 9.97. The molecule has 0 radical (unpaired) electrons. The van der Waals surface area contributed by atoms with Gasteiger partial charge in [-0.15, -0.1) is 0 Å². The van der Waals surface area contributed by atoms with Crippen LogP contribution in [0.3, 0.4) is 0 Å². The van der Waals surface area contributed by atoms with Crippen molar-refractivity contribution in [1.82, 2.24) is 0 Å². The van der Waals surface area contributed by atoms with E-state index in [-0.39, 0.29) is 282 Å². The Morgan fingerprint density at radius 1 is 0.400 bits per heavy atom. The Bertz CT molecular complexity index is 480. The molecule has 1 nitrogen and oxygen atoms in total. The predicted octanol–water partition coefficient (Wildman–Crippen LogP) is 9.47. The van der Waals surface area contributed by atoms with Crippen molar-refractivity contribution in [2.45, 2.75) is 144 Å². The fraction of sp³-hybridized carbons (Fsp3) is 0.968. The van der Waals surface area contributed by atoms with Gasteiger partial charge in [-0.1, -0.05) is 124 Å². The second kappa shape index (κ2) is 37.6. The van der Waals surface area contributed by atoms with Gasteiger partial charge in [0.2, 0.25) is 0 Å². The molecule has 0 aliphatic heterocycles. The van der Waals surface area contributed by atoms with Gasteiger partial charge in [-0.05, 0) is 49.4 Å². The Balaban J connectivity index is -0.0000000808. The average molecular weight is 1060 g/mol. The van der Waals surface area contributed by atoms with Crippen LogP contribution in [-0.2, 0) is 42.1 Å². The van der Waals surface area contributed by atoms with Crippen LogP contribution in [0, 0.1) is 280 Å². The molecule has 0 aromatic heterocycles. The summed E-state index contributed by atoms with van der Waals surface area (Å²) in [5, 5.41) is 10.3. The fourth-order valence-electron chi connectivity index (χ4n) is 8.84. The van der Waals surface area contributed by atoms with E-state index in [0.717, 1.165) is 35.5 Å². The molecule has 40 heavy (non-hydrogen) atoms. The van der Waals surface area contributed by atoms with Gasteiger partial charge < -0.3 is 11.5 Å². The van der Waals surface area contributed by atoms with Crippen molar-refractivity contribution in [3.63, 3.8) is 0 Å². The van der Waals surface area contributed by atoms with Crippen molar-refractivity contribution in [3.8, 4) is 0 Å². The third kappa shape index (κ3) is 18.6. The van der Waals surface area contributed by atoms with Crippen molar-refractivity contribution in [2.24, 2.45) is 47.3 Å². The van der Waals surface area contributed by atoms with Gasteiger partial charge in [-0.2, -0.15) is 11.8 Å². The molecule has 6 saturated carbocycles. The van der Waals surface area contributed by atoms with E-state index in [1.807, 2.05) is 27.7 Å². The van der Waals surface area contributed by atoms with Crippen LogP contribution in [0.4, 0.5) is 0 Å². The number of aliphatic hydroxyl groups is 1. The Morgan fingerprint density at radius 2 is 0.625 bits per heavy atom. The molecule has 8 atom stereocenters. The first-order valence-corrected chi connectivity index (χ1v) is 14.9. The fourth-order valence-corrected chi connectivity index (χ4v) is 8.84. The van der Waals surface area contributed by atoms with Gasteiger partial charge >= 0.3 is 0 Å². The van der Waals surface area contributed by atoms with E-state index in [0.29, 0.717) is 11.8 Å². The second-order valence-corrected chi connectivity index (χ2v) is 11.1. The van der Waals surface area contributed by atoms with E-state index in [1.54, 1.807) is 12.8 Å². The molecular formula is C31H59Ar6OW2-. The summed E-state index contributed by atoms with van der Waals surface area (Å²) >= 11 is 0. The first kappa shape index (κ1) is 63.9. The number of hydrogen-bond acceptors (Lipinski definition) is 1. The Labute approximate surface area is 460 Å². The zero-order chi connectivity index (χ0) is 22.2. The second-order valence-electron chi connectivity index (χ2n) is 11.1. The molecule has 0 bridgehead atoms. The molecular weight excluding hydrogens is 996 g/mol. The minimum Gasteiger partial charge on any atom is -0.393 e. The molecule has 6 fully saturated rings. The molecule has 8 unspecified atom stereocenters. The molecule has 6 aliphatic carbocycles. The zero-order valence-electron chi connectivity index (χ0n) is 24.5. The van der Waals surface area contributed by atoms with Crippen LogP contribution in [0.25, 0.3) is 0 Å². The van der Waals surface area contributed by atoms with E-state index in [4.69, 9.17) is 0 Å². The van der Waals surface area contributed by atoms with Gasteiger partial charge in [-0.25, -0.2) is 0 Å².